The van der Waals surface area contributed by atoms with Crippen LogP contribution in [-0.4, -0.2) is 14.9 Å². The molecule has 0 fully saturated rings. The fourth-order valence-corrected chi connectivity index (χ4v) is 3.00. The predicted molar refractivity (Wildman–Crippen MR) is 98.6 cm³/mol. The van der Waals surface area contributed by atoms with Crippen LogP contribution in [0.2, 0.25) is 0 Å². The van der Waals surface area contributed by atoms with Gasteiger partial charge in [-0.15, -0.1) is 0 Å². The summed E-state index contributed by atoms with van der Waals surface area (Å²) in [7, 11) is 0. The lowest BCUT2D eigenvalue weighted by Gasteiger charge is -2.18. The van der Waals surface area contributed by atoms with Gasteiger partial charge in [-0.25, -0.2) is 4.68 Å². The Morgan fingerprint density at radius 3 is 2.20 bits per heavy atom. The molecule has 4 heteroatoms. The third kappa shape index (κ3) is 3.69. The first-order valence-electron chi connectivity index (χ1n) is 8.44. The van der Waals surface area contributed by atoms with E-state index < -0.39 is 6.10 Å². The lowest BCUT2D eigenvalue weighted by atomic mass is 9.93. The highest BCUT2D eigenvalue weighted by atomic mass is 16.3. The molecule has 0 radical (unpaired) electrons. The number of aliphatic hydroxyl groups is 1. The van der Waals surface area contributed by atoms with Crippen LogP contribution in [0.3, 0.4) is 0 Å². The average Bonchev–Trinajstić information content (AvgIpc) is 2.64. The molecule has 2 aromatic carbocycles. The summed E-state index contributed by atoms with van der Waals surface area (Å²) in [5.41, 5.74) is 2.82. The van der Waals surface area contributed by atoms with Crippen LogP contribution in [0.4, 0.5) is 0 Å². The first-order valence-corrected chi connectivity index (χ1v) is 8.44. The number of aromatic nitrogens is 2. The van der Waals surface area contributed by atoms with Crippen molar-refractivity contribution in [1.82, 2.24) is 9.78 Å². The Kier molecular flexibility index (Phi) is 5.10. The maximum atomic E-state index is 13.0. The summed E-state index contributed by atoms with van der Waals surface area (Å²) in [5.74, 6) is -0.00844. The molecule has 25 heavy (non-hydrogen) atoms. The van der Waals surface area contributed by atoms with E-state index in [1.165, 1.54) is 4.68 Å². The summed E-state index contributed by atoms with van der Waals surface area (Å²) in [4.78, 5) is 13.0. The Bertz CT molecular complexity index is 887. The second kappa shape index (κ2) is 7.45. The highest BCUT2D eigenvalue weighted by Crippen LogP contribution is 2.26. The van der Waals surface area contributed by atoms with E-state index in [9.17, 15) is 9.90 Å². The van der Waals surface area contributed by atoms with Gasteiger partial charge in [0, 0.05) is 11.1 Å². The average molecular weight is 334 g/mol. The van der Waals surface area contributed by atoms with Crippen molar-refractivity contribution in [3.05, 3.63) is 99.5 Å². The summed E-state index contributed by atoms with van der Waals surface area (Å²) in [6, 6.07) is 19.1. The van der Waals surface area contributed by atoms with Crippen LogP contribution in [-0.2, 0) is 6.54 Å². The van der Waals surface area contributed by atoms with Crippen LogP contribution >= 0.6 is 0 Å². The smallest absolute Gasteiger partial charge is 0.270 e. The molecule has 1 aromatic heterocycles. The van der Waals surface area contributed by atoms with E-state index in [1.54, 1.807) is 6.20 Å². The minimum Gasteiger partial charge on any atom is -0.384 e. The van der Waals surface area contributed by atoms with E-state index >= 15 is 0 Å². The zero-order chi connectivity index (χ0) is 17.8. The van der Waals surface area contributed by atoms with Crippen molar-refractivity contribution in [3.8, 4) is 0 Å². The fraction of sp³-hybridized carbons (Fsp3) is 0.238. The molecule has 0 bridgehead atoms. The van der Waals surface area contributed by atoms with Gasteiger partial charge in [0.25, 0.3) is 5.56 Å². The molecule has 3 rings (SSSR count). The minimum atomic E-state index is -0.856. The number of rotatable bonds is 5. The highest BCUT2D eigenvalue weighted by molar-refractivity contribution is 5.34. The van der Waals surface area contributed by atoms with Crippen LogP contribution in [0.15, 0.2) is 71.7 Å². The maximum Gasteiger partial charge on any atom is 0.270 e. The van der Waals surface area contributed by atoms with Gasteiger partial charge >= 0.3 is 0 Å². The number of hydrogen-bond acceptors (Lipinski definition) is 3. The molecule has 0 aliphatic carbocycles. The first-order chi connectivity index (χ1) is 12.1. The van der Waals surface area contributed by atoms with E-state index in [0.29, 0.717) is 17.7 Å². The highest BCUT2D eigenvalue weighted by Gasteiger charge is 2.21. The van der Waals surface area contributed by atoms with Crippen molar-refractivity contribution >= 4 is 0 Å². The summed E-state index contributed by atoms with van der Waals surface area (Å²) >= 11 is 0. The largest absolute Gasteiger partial charge is 0.384 e. The van der Waals surface area contributed by atoms with Crippen LogP contribution in [0.1, 0.15) is 48.1 Å². The van der Waals surface area contributed by atoms with Crippen LogP contribution in [0.5, 0.6) is 0 Å². The van der Waals surface area contributed by atoms with Crippen LogP contribution in [0, 0.1) is 0 Å². The zero-order valence-electron chi connectivity index (χ0n) is 14.5. The van der Waals surface area contributed by atoms with Crippen molar-refractivity contribution in [2.24, 2.45) is 0 Å². The zero-order valence-corrected chi connectivity index (χ0v) is 14.5. The molecule has 1 N–H and O–H groups in total. The quantitative estimate of drug-likeness (QED) is 0.777. The van der Waals surface area contributed by atoms with Gasteiger partial charge in [-0.3, -0.25) is 4.79 Å². The molecule has 0 spiro atoms. The van der Waals surface area contributed by atoms with E-state index in [2.05, 4.69) is 5.10 Å². The van der Waals surface area contributed by atoms with E-state index in [4.69, 9.17) is 0 Å². The van der Waals surface area contributed by atoms with Gasteiger partial charge in [0.1, 0.15) is 6.10 Å². The first kappa shape index (κ1) is 17.1. The van der Waals surface area contributed by atoms with Crippen molar-refractivity contribution < 1.29 is 5.11 Å². The molecule has 0 amide bonds. The molecule has 1 unspecified atom stereocenters. The topological polar surface area (TPSA) is 55.1 Å². The summed E-state index contributed by atoms with van der Waals surface area (Å²) in [6.45, 7) is 4.34. The van der Waals surface area contributed by atoms with Gasteiger partial charge in [-0.1, -0.05) is 74.5 Å². The number of hydrogen-bond donors (Lipinski definition) is 1. The van der Waals surface area contributed by atoms with E-state index in [-0.39, 0.29) is 11.5 Å². The Morgan fingerprint density at radius 2 is 1.60 bits per heavy atom. The van der Waals surface area contributed by atoms with Gasteiger partial charge < -0.3 is 5.11 Å². The monoisotopic (exact) mass is 334 g/mol. The lowest BCUT2D eigenvalue weighted by molar-refractivity contribution is 0.217. The van der Waals surface area contributed by atoms with Crippen molar-refractivity contribution in [3.63, 3.8) is 0 Å². The third-order valence-corrected chi connectivity index (χ3v) is 4.27. The maximum absolute atomic E-state index is 13.0. The molecule has 3 aromatic rings. The molecule has 0 saturated carbocycles. The molecule has 0 aliphatic heterocycles. The Balaban J connectivity index is 2.03. The molecule has 0 saturated heterocycles. The second-order valence-electron chi connectivity index (χ2n) is 6.43. The summed E-state index contributed by atoms with van der Waals surface area (Å²) in [6.07, 6.45) is 0.766. The fourth-order valence-electron chi connectivity index (χ4n) is 3.00. The molecule has 1 heterocycles. The Labute approximate surface area is 147 Å². The van der Waals surface area contributed by atoms with Crippen molar-refractivity contribution in [2.45, 2.75) is 32.4 Å². The summed E-state index contributed by atoms with van der Waals surface area (Å²) in [5, 5.41) is 15.0. The second-order valence-corrected chi connectivity index (χ2v) is 6.43. The van der Waals surface area contributed by atoms with Gasteiger partial charge in [0.15, 0.2) is 0 Å². The van der Waals surface area contributed by atoms with E-state index in [0.717, 1.165) is 11.1 Å². The number of benzene rings is 2. The van der Waals surface area contributed by atoms with Crippen molar-refractivity contribution in [1.29, 1.82) is 0 Å². The Morgan fingerprint density at radius 1 is 1.00 bits per heavy atom. The molecule has 4 nitrogen and oxygen atoms in total. The molecule has 128 valence electrons. The van der Waals surface area contributed by atoms with E-state index in [1.807, 2.05) is 74.5 Å². The molecular formula is C21H22N2O2. The predicted octanol–water partition coefficient (Wildman–Crippen LogP) is 3.50. The third-order valence-electron chi connectivity index (χ3n) is 4.27. The van der Waals surface area contributed by atoms with Crippen LogP contribution in [0.25, 0.3) is 0 Å². The normalized spacial score (nSPS) is 12.3. The number of nitrogens with zero attached hydrogens (tertiary/aromatic N) is 2. The summed E-state index contributed by atoms with van der Waals surface area (Å²) < 4.78 is 1.46. The molecule has 1 atom stereocenters. The standard InChI is InChI=1S/C21H22N2O2/c1-15(2)19-18(20(24)17-11-7-4-8-12-17)13-22-23(21(19)25)14-16-9-5-3-6-10-16/h3-13,15,20,24H,14H2,1-2H3. The molecule has 0 aliphatic rings. The molecular weight excluding hydrogens is 312 g/mol. The minimum absolute atomic E-state index is 0.00844. The lowest BCUT2D eigenvalue weighted by Crippen LogP contribution is -2.29. The van der Waals surface area contributed by atoms with Crippen molar-refractivity contribution in [2.75, 3.05) is 0 Å². The van der Waals surface area contributed by atoms with Crippen LogP contribution < -0.4 is 5.56 Å². The SMILES string of the molecule is CC(C)c1c(C(O)c2ccccc2)cnn(Cc2ccccc2)c1=O. The van der Waals surface area contributed by atoms with Gasteiger partial charge in [0.05, 0.1) is 12.7 Å². The van der Waals surface area contributed by atoms with Gasteiger partial charge in [0.2, 0.25) is 0 Å². The van der Waals surface area contributed by atoms with Gasteiger partial charge in [-0.2, -0.15) is 5.10 Å². The Hall–Kier alpha value is -2.72. The van der Waals surface area contributed by atoms with Gasteiger partial charge in [-0.05, 0) is 17.0 Å². The number of aliphatic hydroxyl groups excluding tert-OH is 1.